The molecule has 3 amide bonds. The normalized spacial score (nSPS) is 13.2. The highest BCUT2D eigenvalue weighted by Gasteiger charge is 2.24. The van der Waals surface area contributed by atoms with Crippen molar-refractivity contribution >= 4 is 30.4 Å². The molecule has 0 aliphatic rings. The number of nitrogens with two attached hydrogens (primary N) is 2. The first-order valence-electron chi connectivity index (χ1n) is 6.15. The fourth-order valence-corrected chi connectivity index (χ4v) is 1.82. The minimum absolute atomic E-state index is 0.0626. The first kappa shape index (κ1) is 17.0. The third kappa shape index (κ3) is 5.44. The summed E-state index contributed by atoms with van der Waals surface area (Å²) in [4.78, 5) is 41.2. The summed E-state index contributed by atoms with van der Waals surface area (Å²) >= 11 is 3.98. The summed E-state index contributed by atoms with van der Waals surface area (Å²) in [5.41, 5.74) is 11.1. The first-order chi connectivity index (χ1) is 9.97. The average molecular weight is 314 g/mol. The smallest absolute Gasteiger partial charge is 0.244 e. The highest BCUT2D eigenvalue weighted by molar-refractivity contribution is 7.80. The van der Waals surface area contributed by atoms with Gasteiger partial charge in [0.2, 0.25) is 17.7 Å². The van der Waals surface area contributed by atoms with E-state index in [1.165, 1.54) is 12.5 Å². The Balaban J connectivity index is 2.66. The van der Waals surface area contributed by atoms with Gasteiger partial charge >= 0.3 is 0 Å². The highest BCUT2D eigenvalue weighted by Crippen LogP contribution is 1.99. The van der Waals surface area contributed by atoms with Crippen LogP contribution in [0.15, 0.2) is 12.5 Å². The number of primary amides is 1. The maximum absolute atomic E-state index is 12.0. The van der Waals surface area contributed by atoms with Crippen LogP contribution in [0.4, 0.5) is 0 Å². The zero-order chi connectivity index (χ0) is 15.8. The molecule has 0 unspecified atom stereocenters. The monoisotopic (exact) mass is 314 g/mol. The van der Waals surface area contributed by atoms with Gasteiger partial charge in [-0.1, -0.05) is 0 Å². The highest BCUT2D eigenvalue weighted by atomic mass is 32.1. The zero-order valence-electron chi connectivity index (χ0n) is 11.2. The molecule has 0 aromatic carbocycles. The van der Waals surface area contributed by atoms with Crippen molar-refractivity contribution in [2.45, 2.75) is 18.5 Å². The molecule has 2 atom stereocenters. The minimum atomic E-state index is -0.921. The number of carbonyl (C=O) groups excluding carboxylic acids is 3. The summed E-state index contributed by atoms with van der Waals surface area (Å²) in [6.45, 7) is -0.245. The number of amides is 3. The van der Waals surface area contributed by atoms with Crippen LogP contribution in [-0.4, -0.2) is 52.1 Å². The lowest BCUT2D eigenvalue weighted by Gasteiger charge is -2.20. The number of aromatic amines is 1. The Morgan fingerprint density at radius 2 is 2.05 bits per heavy atom. The van der Waals surface area contributed by atoms with E-state index in [9.17, 15) is 14.4 Å². The third-order valence-corrected chi connectivity index (χ3v) is 3.02. The molecule has 0 aliphatic heterocycles. The lowest BCUT2D eigenvalue weighted by Crippen LogP contribution is -2.55. The second-order valence-electron chi connectivity index (χ2n) is 4.25. The van der Waals surface area contributed by atoms with Crippen molar-refractivity contribution in [2.75, 3.05) is 12.3 Å². The van der Waals surface area contributed by atoms with E-state index in [1.807, 2.05) is 0 Å². The Kier molecular flexibility index (Phi) is 6.69. The number of hydrogen-bond donors (Lipinski definition) is 6. The number of rotatable bonds is 8. The van der Waals surface area contributed by atoms with Gasteiger partial charge in [-0.2, -0.15) is 12.6 Å². The van der Waals surface area contributed by atoms with Crippen molar-refractivity contribution in [1.82, 2.24) is 20.6 Å². The van der Waals surface area contributed by atoms with Crippen molar-refractivity contribution < 1.29 is 14.4 Å². The van der Waals surface area contributed by atoms with Gasteiger partial charge in [0.1, 0.15) is 12.1 Å². The van der Waals surface area contributed by atoms with Gasteiger partial charge in [0, 0.05) is 24.1 Å². The molecule has 1 aromatic heterocycles. The van der Waals surface area contributed by atoms with Crippen molar-refractivity contribution in [3.63, 3.8) is 0 Å². The molecular formula is C11H18N6O3S. The Morgan fingerprint density at radius 1 is 1.33 bits per heavy atom. The number of nitrogens with zero attached hydrogens (tertiary/aromatic N) is 1. The average Bonchev–Trinajstić information content (AvgIpc) is 2.96. The van der Waals surface area contributed by atoms with E-state index in [4.69, 9.17) is 11.5 Å². The van der Waals surface area contributed by atoms with Crippen LogP contribution in [-0.2, 0) is 20.8 Å². The van der Waals surface area contributed by atoms with Gasteiger partial charge in [0.15, 0.2) is 0 Å². The molecule has 116 valence electrons. The second kappa shape index (κ2) is 8.27. The molecule has 7 N–H and O–H groups in total. The molecule has 1 heterocycles. The van der Waals surface area contributed by atoms with E-state index in [0.29, 0.717) is 5.69 Å². The summed E-state index contributed by atoms with van der Waals surface area (Å²) in [6.07, 6.45) is 3.15. The number of hydrogen-bond acceptors (Lipinski definition) is 6. The zero-order valence-corrected chi connectivity index (χ0v) is 12.1. The predicted molar refractivity (Wildman–Crippen MR) is 78.3 cm³/mol. The van der Waals surface area contributed by atoms with Gasteiger partial charge in [-0.3, -0.25) is 14.4 Å². The number of H-pyrrole nitrogens is 1. The molecule has 0 saturated carbocycles. The molecule has 0 bridgehead atoms. The van der Waals surface area contributed by atoms with Crippen LogP contribution < -0.4 is 22.1 Å². The Bertz CT molecular complexity index is 492. The van der Waals surface area contributed by atoms with E-state index < -0.39 is 29.8 Å². The molecule has 1 rings (SSSR count). The molecule has 10 heteroatoms. The first-order valence-corrected chi connectivity index (χ1v) is 6.78. The molecule has 0 fully saturated rings. The lowest BCUT2D eigenvalue weighted by atomic mass is 10.1. The van der Waals surface area contributed by atoms with Gasteiger partial charge in [0.25, 0.3) is 0 Å². The molecule has 0 radical (unpaired) electrons. The van der Waals surface area contributed by atoms with E-state index >= 15 is 0 Å². The van der Waals surface area contributed by atoms with Crippen LogP contribution in [0.2, 0.25) is 0 Å². The largest absolute Gasteiger partial charge is 0.368 e. The van der Waals surface area contributed by atoms with Crippen LogP contribution in [0.5, 0.6) is 0 Å². The number of thiol groups is 1. The molecule has 1 aromatic rings. The number of carbonyl (C=O) groups is 3. The summed E-state index contributed by atoms with van der Waals surface area (Å²) in [5, 5.41) is 4.86. The molecular weight excluding hydrogens is 296 g/mol. The van der Waals surface area contributed by atoms with Crippen LogP contribution in [0, 0.1) is 0 Å². The van der Waals surface area contributed by atoms with Gasteiger partial charge in [-0.05, 0) is 0 Å². The standard InChI is InChI=1S/C11H18N6O3S/c12-2-9(18)16-8(4-21)11(20)17-7(10(13)19)1-6-3-14-5-15-6/h3,5,7-8,21H,1-2,4,12H2,(H2,13,19)(H,14,15)(H,16,18)(H,17,20)/t7-,8-/m0/s1. The fraction of sp³-hybridized carbons (Fsp3) is 0.455. The fourth-order valence-electron chi connectivity index (χ4n) is 1.56. The van der Waals surface area contributed by atoms with E-state index in [1.54, 1.807) is 0 Å². The summed E-state index contributed by atoms with van der Waals surface area (Å²) in [6, 6.07) is -1.82. The Morgan fingerprint density at radius 3 is 2.52 bits per heavy atom. The van der Waals surface area contributed by atoms with Crippen molar-refractivity contribution in [2.24, 2.45) is 11.5 Å². The number of aromatic nitrogens is 2. The second-order valence-corrected chi connectivity index (χ2v) is 4.62. The molecule has 9 nitrogen and oxygen atoms in total. The summed E-state index contributed by atoms with van der Waals surface area (Å²) in [5.74, 6) is -1.68. The van der Waals surface area contributed by atoms with Crippen LogP contribution >= 0.6 is 12.6 Å². The molecule has 0 saturated heterocycles. The SMILES string of the molecule is NCC(=O)N[C@@H](CS)C(=O)N[C@@H](Cc1cnc[nH]1)C(N)=O. The topological polar surface area (TPSA) is 156 Å². The van der Waals surface area contributed by atoms with Crippen LogP contribution in [0.25, 0.3) is 0 Å². The lowest BCUT2D eigenvalue weighted by molar-refractivity contribution is -0.130. The number of imidazole rings is 1. The Labute approximate surface area is 126 Å². The molecule has 0 aliphatic carbocycles. The van der Waals surface area contributed by atoms with E-state index in [2.05, 4.69) is 33.2 Å². The van der Waals surface area contributed by atoms with E-state index in [0.717, 1.165) is 0 Å². The van der Waals surface area contributed by atoms with Gasteiger partial charge < -0.3 is 27.1 Å². The van der Waals surface area contributed by atoms with Gasteiger partial charge in [0.05, 0.1) is 12.9 Å². The maximum atomic E-state index is 12.0. The van der Waals surface area contributed by atoms with Gasteiger partial charge in [-0.25, -0.2) is 4.98 Å². The van der Waals surface area contributed by atoms with Crippen molar-refractivity contribution in [3.8, 4) is 0 Å². The third-order valence-electron chi connectivity index (χ3n) is 2.66. The summed E-state index contributed by atoms with van der Waals surface area (Å²) < 4.78 is 0. The quantitative estimate of drug-likeness (QED) is 0.288. The van der Waals surface area contributed by atoms with Crippen molar-refractivity contribution in [1.29, 1.82) is 0 Å². The molecule has 21 heavy (non-hydrogen) atoms. The van der Waals surface area contributed by atoms with Crippen molar-refractivity contribution in [3.05, 3.63) is 18.2 Å². The minimum Gasteiger partial charge on any atom is -0.368 e. The van der Waals surface area contributed by atoms with E-state index in [-0.39, 0.29) is 18.7 Å². The van der Waals surface area contributed by atoms with Crippen LogP contribution in [0.1, 0.15) is 5.69 Å². The van der Waals surface area contributed by atoms with Crippen LogP contribution in [0.3, 0.4) is 0 Å². The predicted octanol–water partition coefficient (Wildman–Crippen LogP) is -2.70. The van der Waals surface area contributed by atoms with Gasteiger partial charge in [-0.15, -0.1) is 0 Å². The number of nitrogens with one attached hydrogen (secondary N) is 3. The summed E-state index contributed by atoms with van der Waals surface area (Å²) in [7, 11) is 0. The Hall–Kier alpha value is -2.07. The maximum Gasteiger partial charge on any atom is 0.244 e. The molecule has 0 spiro atoms.